The van der Waals surface area contributed by atoms with Gasteiger partial charge < -0.3 is 14.3 Å². The summed E-state index contributed by atoms with van der Waals surface area (Å²) in [5, 5.41) is 0. The van der Waals surface area contributed by atoms with Crippen LogP contribution in [0.4, 0.5) is 8.78 Å². The number of aryl methyl sites for hydroxylation is 1. The number of ether oxygens (including phenoxy) is 2. The molecule has 0 spiro atoms. The van der Waals surface area contributed by atoms with Gasteiger partial charge in [0.15, 0.2) is 11.5 Å². The fourth-order valence-corrected chi connectivity index (χ4v) is 1.44. The number of para-hydroxylation sites is 1. The molecule has 15 heavy (non-hydrogen) atoms. The summed E-state index contributed by atoms with van der Waals surface area (Å²) in [5.74, 6) is 0.0488. The van der Waals surface area contributed by atoms with Gasteiger partial charge in [0, 0.05) is 6.42 Å². The van der Waals surface area contributed by atoms with Gasteiger partial charge in [-0.2, -0.15) is 0 Å². The summed E-state index contributed by atoms with van der Waals surface area (Å²) in [6.07, 6.45) is -2.23. The minimum absolute atomic E-state index is 0.0170. The molecule has 0 bridgehead atoms. The summed E-state index contributed by atoms with van der Waals surface area (Å²) in [5.41, 5.74) is 0.553. The standard InChI is InChI=1S/C10H8F2O3/c11-10(12)14-8-5-1-3-7(4-2-6-13)9(8)15-10/h1,3,5-6H,2,4H2. The highest BCUT2D eigenvalue weighted by Gasteiger charge is 2.44. The quantitative estimate of drug-likeness (QED) is 0.723. The van der Waals surface area contributed by atoms with Crippen LogP contribution in [0.1, 0.15) is 12.0 Å². The van der Waals surface area contributed by atoms with Gasteiger partial charge in [-0.3, -0.25) is 0 Å². The van der Waals surface area contributed by atoms with Crippen LogP contribution >= 0.6 is 0 Å². The highest BCUT2D eigenvalue weighted by molar-refractivity contribution is 5.53. The third kappa shape index (κ3) is 1.91. The molecule has 0 N–H and O–H groups in total. The predicted molar refractivity (Wildman–Crippen MR) is 47.0 cm³/mol. The Hall–Kier alpha value is -1.65. The molecule has 0 saturated heterocycles. The minimum atomic E-state index is -3.60. The van der Waals surface area contributed by atoms with Crippen LogP contribution in [-0.2, 0) is 11.2 Å². The number of carbonyl (C=O) groups is 1. The maximum atomic E-state index is 12.7. The first-order chi connectivity index (χ1) is 7.12. The largest absolute Gasteiger partial charge is 0.586 e. The molecule has 0 atom stereocenters. The van der Waals surface area contributed by atoms with Gasteiger partial charge in [0.25, 0.3) is 0 Å². The van der Waals surface area contributed by atoms with Crippen molar-refractivity contribution in [2.45, 2.75) is 19.1 Å². The highest BCUT2D eigenvalue weighted by atomic mass is 19.3. The number of hydrogen-bond acceptors (Lipinski definition) is 3. The van der Waals surface area contributed by atoms with Gasteiger partial charge in [0.1, 0.15) is 6.29 Å². The van der Waals surface area contributed by atoms with Crippen LogP contribution in [0.25, 0.3) is 0 Å². The first kappa shape index (κ1) is 9.89. The lowest BCUT2D eigenvalue weighted by Crippen LogP contribution is -2.26. The minimum Gasteiger partial charge on any atom is -0.395 e. The van der Waals surface area contributed by atoms with Gasteiger partial charge >= 0.3 is 6.29 Å². The molecule has 1 aliphatic rings. The topological polar surface area (TPSA) is 35.5 Å². The van der Waals surface area contributed by atoms with E-state index in [1.807, 2.05) is 0 Å². The molecule has 0 aromatic heterocycles. The lowest BCUT2D eigenvalue weighted by molar-refractivity contribution is -0.286. The molecule has 0 saturated carbocycles. The fraction of sp³-hybridized carbons (Fsp3) is 0.300. The van der Waals surface area contributed by atoms with E-state index < -0.39 is 6.29 Å². The molecule has 80 valence electrons. The first-order valence-electron chi connectivity index (χ1n) is 4.44. The zero-order chi connectivity index (χ0) is 10.9. The second kappa shape index (κ2) is 3.49. The molecular weight excluding hydrogens is 206 g/mol. The van der Waals surface area contributed by atoms with Gasteiger partial charge in [-0.05, 0) is 18.1 Å². The Labute approximate surface area is 84.6 Å². The monoisotopic (exact) mass is 214 g/mol. The number of hydrogen-bond donors (Lipinski definition) is 0. The third-order valence-electron chi connectivity index (χ3n) is 2.04. The Morgan fingerprint density at radius 1 is 1.33 bits per heavy atom. The Morgan fingerprint density at radius 3 is 2.87 bits per heavy atom. The smallest absolute Gasteiger partial charge is 0.395 e. The lowest BCUT2D eigenvalue weighted by Gasteiger charge is -2.05. The average molecular weight is 214 g/mol. The maximum absolute atomic E-state index is 12.7. The van der Waals surface area contributed by atoms with E-state index in [0.29, 0.717) is 12.0 Å². The van der Waals surface area contributed by atoms with E-state index in [1.54, 1.807) is 12.1 Å². The zero-order valence-corrected chi connectivity index (χ0v) is 7.70. The number of alkyl halides is 2. The van der Waals surface area contributed by atoms with E-state index in [-0.39, 0.29) is 17.9 Å². The van der Waals surface area contributed by atoms with Crippen molar-refractivity contribution in [3.8, 4) is 11.5 Å². The van der Waals surface area contributed by atoms with E-state index in [9.17, 15) is 13.6 Å². The van der Waals surface area contributed by atoms with E-state index in [1.165, 1.54) is 6.07 Å². The van der Waals surface area contributed by atoms with Crippen molar-refractivity contribution >= 4 is 6.29 Å². The number of aldehydes is 1. The predicted octanol–water partition coefficient (Wildman–Crippen LogP) is 2.14. The highest BCUT2D eigenvalue weighted by Crippen LogP contribution is 2.43. The zero-order valence-electron chi connectivity index (χ0n) is 7.70. The summed E-state index contributed by atoms with van der Waals surface area (Å²) in [6, 6.07) is 4.62. The second-order valence-corrected chi connectivity index (χ2v) is 3.12. The molecule has 3 nitrogen and oxygen atoms in total. The number of carbonyl (C=O) groups excluding carboxylic acids is 1. The van der Waals surface area contributed by atoms with E-state index >= 15 is 0 Å². The summed E-state index contributed by atoms with van der Waals surface area (Å²) in [7, 11) is 0. The number of benzene rings is 1. The molecule has 0 fully saturated rings. The lowest BCUT2D eigenvalue weighted by atomic mass is 10.1. The normalized spacial score (nSPS) is 16.4. The maximum Gasteiger partial charge on any atom is 0.586 e. The summed E-state index contributed by atoms with van der Waals surface area (Å²) in [6.45, 7) is 0. The van der Waals surface area contributed by atoms with Crippen molar-refractivity contribution in [3.63, 3.8) is 0 Å². The third-order valence-corrected chi connectivity index (χ3v) is 2.04. The summed E-state index contributed by atoms with van der Waals surface area (Å²) >= 11 is 0. The van der Waals surface area contributed by atoms with Crippen LogP contribution in [0.3, 0.4) is 0 Å². The summed E-state index contributed by atoms with van der Waals surface area (Å²) < 4.78 is 34.1. The molecule has 0 aliphatic carbocycles. The average Bonchev–Trinajstić information content (AvgIpc) is 2.49. The molecule has 5 heteroatoms. The molecule has 1 aromatic carbocycles. The Balaban J connectivity index is 2.29. The van der Waals surface area contributed by atoms with E-state index in [4.69, 9.17) is 0 Å². The molecule has 2 rings (SSSR count). The molecule has 1 aliphatic heterocycles. The van der Waals surface area contributed by atoms with Crippen molar-refractivity contribution in [1.82, 2.24) is 0 Å². The van der Waals surface area contributed by atoms with E-state index in [0.717, 1.165) is 6.29 Å². The van der Waals surface area contributed by atoms with Crippen LogP contribution in [-0.4, -0.2) is 12.6 Å². The Bertz CT molecular complexity index is 390. The van der Waals surface area contributed by atoms with Crippen molar-refractivity contribution in [3.05, 3.63) is 23.8 Å². The van der Waals surface area contributed by atoms with Crippen molar-refractivity contribution in [2.24, 2.45) is 0 Å². The second-order valence-electron chi connectivity index (χ2n) is 3.12. The van der Waals surface area contributed by atoms with E-state index in [2.05, 4.69) is 9.47 Å². The number of halogens is 2. The van der Waals surface area contributed by atoms with Crippen molar-refractivity contribution in [1.29, 1.82) is 0 Å². The van der Waals surface area contributed by atoms with Crippen LogP contribution in [0.5, 0.6) is 11.5 Å². The molecule has 1 heterocycles. The molecule has 0 radical (unpaired) electrons. The van der Waals surface area contributed by atoms with Crippen LogP contribution in [0, 0.1) is 0 Å². The van der Waals surface area contributed by atoms with Crippen molar-refractivity contribution < 1.29 is 23.0 Å². The number of fused-ring (bicyclic) bond motifs is 1. The van der Waals surface area contributed by atoms with Crippen LogP contribution < -0.4 is 9.47 Å². The van der Waals surface area contributed by atoms with Crippen molar-refractivity contribution in [2.75, 3.05) is 0 Å². The molecular formula is C10H8F2O3. The number of rotatable bonds is 3. The van der Waals surface area contributed by atoms with Gasteiger partial charge in [-0.15, -0.1) is 8.78 Å². The Morgan fingerprint density at radius 2 is 2.13 bits per heavy atom. The Kier molecular flexibility index (Phi) is 2.30. The molecule has 1 aromatic rings. The SMILES string of the molecule is O=CCCc1cccc2c1OC(F)(F)O2. The van der Waals surface area contributed by atoms with Gasteiger partial charge in [0.05, 0.1) is 0 Å². The van der Waals surface area contributed by atoms with Gasteiger partial charge in [-0.1, -0.05) is 12.1 Å². The first-order valence-corrected chi connectivity index (χ1v) is 4.44. The summed E-state index contributed by atoms with van der Waals surface area (Å²) in [4.78, 5) is 10.2. The fourth-order valence-electron chi connectivity index (χ4n) is 1.44. The molecule has 0 unspecified atom stereocenters. The van der Waals surface area contributed by atoms with Gasteiger partial charge in [0.2, 0.25) is 0 Å². The molecule has 0 amide bonds. The van der Waals surface area contributed by atoms with Crippen LogP contribution in [0.2, 0.25) is 0 Å². The van der Waals surface area contributed by atoms with Crippen LogP contribution in [0.15, 0.2) is 18.2 Å². The van der Waals surface area contributed by atoms with Gasteiger partial charge in [-0.25, -0.2) is 0 Å².